The first-order valence-corrected chi connectivity index (χ1v) is 13.1. The van der Waals surface area contributed by atoms with Crippen LogP contribution in [0.5, 0.6) is 5.75 Å². The molecule has 3 aromatic heterocycles. The van der Waals surface area contributed by atoms with Crippen molar-refractivity contribution >= 4 is 17.3 Å². The van der Waals surface area contributed by atoms with Crippen LogP contribution >= 0.6 is 0 Å². The SMILES string of the molecule is COc1cccc(F)c1-c1nccc(Nc2cc(N3CC[C@H](N)C3)c(-c3cnn(C4CCOCC4)c3)cn2)n1. The molecule has 10 nitrogen and oxygen atoms in total. The van der Waals surface area contributed by atoms with Crippen LogP contribution in [-0.2, 0) is 4.74 Å². The van der Waals surface area contributed by atoms with Gasteiger partial charge in [0.05, 0.1) is 24.9 Å². The standard InChI is InChI=1S/C28H31FN8O2/c1-38-24-4-2-3-22(29)27(24)28-31-9-5-25(35-28)34-26-13-23(36-10-6-19(30)17-36)21(15-32-26)18-14-33-37(16-18)20-7-11-39-12-8-20/h2-5,9,13-16,19-20H,6-8,10-12,17,30H2,1H3,(H,31,32,34,35)/t19-/m0/s1. The first-order chi connectivity index (χ1) is 19.1. The van der Waals surface area contributed by atoms with Crippen LogP contribution in [0.2, 0.25) is 0 Å². The maximum Gasteiger partial charge on any atom is 0.168 e. The third-order valence-corrected chi connectivity index (χ3v) is 7.26. The van der Waals surface area contributed by atoms with Crippen molar-refractivity contribution in [1.29, 1.82) is 0 Å². The summed E-state index contributed by atoms with van der Waals surface area (Å²) >= 11 is 0. The Kier molecular flexibility index (Phi) is 7.08. The average Bonchev–Trinajstić information content (AvgIpc) is 3.63. The number of anilines is 3. The van der Waals surface area contributed by atoms with Gasteiger partial charge in [0.1, 0.15) is 23.2 Å². The van der Waals surface area contributed by atoms with Crippen LogP contribution in [0.15, 0.2) is 55.1 Å². The fourth-order valence-electron chi connectivity index (χ4n) is 5.20. The summed E-state index contributed by atoms with van der Waals surface area (Å²) in [5.74, 6) is 1.22. The van der Waals surface area contributed by atoms with Crippen LogP contribution < -0.4 is 20.7 Å². The molecule has 1 atom stereocenters. The zero-order valence-corrected chi connectivity index (χ0v) is 21.8. The highest BCUT2D eigenvalue weighted by molar-refractivity contribution is 5.80. The van der Waals surface area contributed by atoms with Gasteiger partial charge in [-0.25, -0.2) is 19.3 Å². The monoisotopic (exact) mass is 530 g/mol. The van der Waals surface area contributed by atoms with E-state index in [-0.39, 0.29) is 17.4 Å². The van der Waals surface area contributed by atoms with Gasteiger partial charge in [0.25, 0.3) is 0 Å². The lowest BCUT2D eigenvalue weighted by atomic mass is 10.1. The van der Waals surface area contributed by atoms with Crippen LogP contribution in [0.25, 0.3) is 22.5 Å². The van der Waals surface area contributed by atoms with Gasteiger partial charge < -0.3 is 25.4 Å². The predicted molar refractivity (Wildman–Crippen MR) is 147 cm³/mol. The summed E-state index contributed by atoms with van der Waals surface area (Å²) in [6, 6.07) is 8.81. The smallest absolute Gasteiger partial charge is 0.168 e. The maximum atomic E-state index is 14.6. The van der Waals surface area contributed by atoms with Gasteiger partial charge in [0, 0.05) is 73.8 Å². The second kappa shape index (κ2) is 11.0. The lowest BCUT2D eigenvalue weighted by Gasteiger charge is -2.23. The average molecular weight is 531 g/mol. The summed E-state index contributed by atoms with van der Waals surface area (Å²) in [5.41, 5.74) is 9.50. The molecule has 2 aliphatic rings. The molecule has 6 rings (SSSR count). The van der Waals surface area contributed by atoms with E-state index in [0.29, 0.717) is 23.4 Å². The fourth-order valence-corrected chi connectivity index (χ4v) is 5.20. The van der Waals surface area contributed by atoms with E-state index in [1.165, 1.54) is 13.2 Å². The molecule has 1 aromatic carbocycles. The number of ether oxygens (including phenoxy) is 2. The lowest BCUT2D eigenvalue weighted by Crippen LogP contribution is -2.26. The summed E-state index contributed by atoms with van der Waals surface area (Å²) in [5, 5.41) is 7.93. The highest BCUT2D eigenvalue weighted by Crippen LogP contribution is 2.36. The van der Waals surface area contributed by atoms with Crippen molar-refractivity contribution in [3.63, 3.8) is 0 Å². The molecule has 5 heterocycles. The van der Waals surface area contributed by atoms with E-state index < -0.39 is 5.82 Å². The van der Waals surface area contributed by atoms with Crippen LogP contribution in [0, 0.1) is 5.82 Å². The molecule has 0 bridgehead atoms. The van der Waals surface area contributed by atoms with E-state index >= 15 is 0 Å². The number of halogens is 1. The molecule has 2 aliphatic heterocycles. The zero-order valence-electron chi connectivity index (χ0n) is 21.8. The van der Waals surface area contributed by atoms with Gasteiger partial charge in [-0.05, 0) is 37.5 Å². The molecular formula is C28H31FN8O2. The van der Waals surface area contributed by atoms with E-state index in [1.807, 2.05) is 23.1 Å². The largest absolute Gasteiger partial charge is 0.496 e. The zero-order chi connectivity index (χ0) is 26.8. The van der Waals surface area contributed by atoms with Gasteiger partial charge >= 0.3 is 0 Å². The maximum absolute atomic E-state index is 14.6. The summed E-state index contributed by atoms with van der Waals surface area (Å²) < 4.78 is 27.5. The first kappa shape index (κ1) is 25.2. The second-order valence-corrected chi connectivity index (χ2v) is 9.84. The molecule has 2 saturated heterocycles. The number of nitrogens with zero attached hydrogens (tertiary/aromatic N) is 6. The van der Waals surface area contributed by atoms with Gasteiger partial charge in [0.2, 0.25) is 0 Å². The van der Waals surface area contributed by atoms with Gasteiger partial charge in [0.15, 0.2) is 5.82 Å². The van der Waals surface area contributed by atoms with Crippen LogP contribution in [-0.4, -0.2) is 64.2 Å². The molecule has 4 aromatic rings. The van der Waals surface area contributed by atoms with Crippen molar-refractivity contribution in [1.82, 2.24) is 24.7 Å². The van der Waals surface area contributed by atoms with Gasteiger partial charge in [-0.15, -0.1) is 0 Å². The Balaban J connectivity index is 1.31. The summed E-state index contributed by atoms with van der Waals surface area (Å²) in [6.07, 6.45) is 10.3. The molecule has 202 valence electrons. The van der Waals surface area contributed by atoms with E-state index in [2.05, 4.69) is 31.5 Å². The van der Waals surface area contributed by atoms with Crippen molar-refractivity contribution in [2.24, 2.45) is 5.73 Å². The molecule has 11 heteroatoms. The Labute approximate surface area is 226 Å². The van der Waals surface area contributed by atoms with E-state index in [0.717, 1.165) is 62.4 Å². The third-order valence-electron chi connectivity index (χ3n) is 7.26. The van der Waals surface area contributed by atoms with Crippen LogP contribution in [0.1, 0.15) is 25.3 Å². The lowest BCUT2D eigenvalue weighted by molar-refractivity contribution is 0.0662. The van der Waals surface area contributed by atoms with E-state index in [4.69, 9.17) is 20.2 Å². The Morgan fingerprint density at radius 1 is 1.10 bits per heavy atom. The number of benzene rings is 1. The highest BCUT2D eigenvalue weighted by atomic mass is 19.1. The molecule has 0 unspecified atom stereocenters. The molecule has 0 saturated carbocycles. The van der Waals surface area contributed by atoms with Gasteiger partial charge in [-0.2, -0.15) is 5.10 Å². The summed E-state index contributed by atoms with van der Waals surface area (Å²) in [7, 11) is 1.49. The van der Waals surface area contributed by atoms with Crippen LogP contribution in [0.4, 0.5) is 21.7 Å². The number of nitrogens with two attached hydrogens (primary N) is 1. The predicted octanol–water partition coefficient (Wildman–Crippen LogP) is 4.18. The number of hydrogen-bond donors (Lipinski definition) is 2. The normalized spacial score (nSPS) is 17.9. The number of methoxy groups -OCH3 is 1. The Hall–Kier alpha value is -4.09. The third kappa shape index (κ3) is 5.27. The fraction of sp³-hybridized carbons (Fsp3) is 0.357. The molecule has 0 aliphatic carbocycles. The summed E-state index contributed by atoms with van der Waals surface area (Å²) in [4.78, 5) is 15.8. The minimum absolute atomic E-state index is 0.118. The minimum Gasteiger partial charge on any atom is -0.496 e. The molecule has 39 heavy (non-hydrogen) atoms. The van der Waals surface area contributed by atoms with Crippen LogP contribution in [0.3, 0.4) is 0 Å². The van der Waals surface area contributed by atoms with E-state index in [9.17, 15) is 4.39 Å². The number of rotatable bonds is 7. The van der Waals surface area contributed by atoms with Crippen molar-refractivity contribution in [3.8, 4) is 28.3 Å². The van der Waals surface area contributed by atoms with Gasteiger partial charge in [-0.1, -0.05) is 6.07 Å². The van der Waals surface area contributed by atoms with E-state index in [1.54, 1.807) is 24.4 Å². The quantitative estimate of drug-likeness (QED) is 0.363. The molecule has 3 N–H and O–H groups in total. The number of pyridine rings is 1. The topological polar surface area (TPSA) is 116 Å². The van der Waals surface area contributed by atoms with Crippen molar-refractivity contribution < 1.29 is 13.9 Å². The van der Waals surface area contributed by atoms with Crippen molar-refractivity contribution in [2.75, 3.05) is 43.6 Å². The molecule has 2 fully saturated rings. The minimum atomic E-state index is -0.456. The number of hydrogen-bond acceptors (Lipinski definition) is 9. The molecule has 0 amide bonds. The Morgan fingerprint density at radius 2 is 1.97 bits per heavy atom. The second-order valence-electron chi connectivity index (χ2n) is 9.84. The van der Waals surface area contributed by atoms with Gasteiger partial charge in [-0.3, -0.25) is 4.68 Å². The Bertz CT molecular complexity index is 1460. The molecule has 0 spiro atoms. The Morgan fingerprint density at radius 3 is 2.77 bits per heavy atom. The van der Waals surface area contributed by atoms with Crippen molar-refractivity contribution in [3.05, 3.63) is 60.9 Å². The van der Waals surface area contributed by atoms with Crippen molar-refractivity contribution in [2.45, 2.75) is 31.3 Å². The highest BCUT2D eigenvalue weighted by Gasteiger charge is 2.24. The first-order valence-electron chi connectivity index (χ1n) is 13.1. The summed E-state index contributed by atoms with van der Waals surface area (Å²) in [6.45, 7) is 3.13. The molecule has 0 radical (unpaired) electrons. The number of nitrogens with one attached hydrogen (secondary N) is 1. The molecular weight excluding hydrogens is 499 g/mol. The number of aromatic nitrogens is 5.